The first-order valence-corrected chi connectivity index (χ1v) is 6.90. The predicted octanol–water partition coefficient (Wildman–Crippen LogP) is 5.06. The van der Waals surface area contributed by atoms with Crippen LogP contribution < -0.4 is 0 Å². The van der Waals surface area contributed by atoms with Crippen LogP contribution in [0.4, 0.5) is 11.4 Å². The molecule has 0 spiro atoms. The van der Waals surface area contributed by atoms with E-state index in [-0.39, 0.29) is 5.88 Å². The van der Waals surface area contributed by atoms with E-state index < -0.39 is 0 Å². The van der Waals surface area contributed by atoms with E-state index in [4.69, 9.17) is 0 Å². The molecule has 0 radical (unpaired) electrons. The minimum atomic E-state index is 0.118. The van der Waals surface area contributed by atoms with Gasteiger partial charge in [0.1, 0.15) is 0 Å². The minimum absolute atomic E-state index is 0.118. The molecule has 0 aliphatic heterocycles. The van der Waals surface area contributed by atoms with E-state index in [1.54, 1.807) is 11.6 Å². The maximum Gasteiger partial charge on any atom is 0.220 e. The lowest BCUT2D eigenvalue weighted by Gasteiger charge is -1.95. The number of fused-ring (bicyclic) bond motifs is 1. The minimum Gasteiger partial charge on any atom is -0.493 e. The van der Waals surface area contributed by atoms with Crippen molar-refractivity contribution in [1.82, 2.24) is 4.57 Å². The van der Waals surface area contributed by atoms with Gasteiger partial charge in [-0.25, -0.2) is 0 Å². The van der Waals surface area contributed by atoms with Crippen LogP contribution in [0.3, 0.4) is 0 Å². The van der Waals surface area contributed by atoms with Crippen molar-refractivity contribution in [1.29, 1.82) is 0 Å². The van der Waals surface area contributed by atoms with Gasteiger partial charge in [-0.1, -0.05) is 34.1 Å². The van der Waals surface area contributed by atoms with Crippen LogP contribution in [0.25, 0.3) is 10.9 Å². The van der Waals surface area contributed by atoms with E-state index in [1.165, 1.54) is 0 Å². The van der Waals surface area contributed by atoms with Crippen LogP contribution in [0.1, 0.15) is 0 Å². The Morgan fingerprint density at radius 3 is 2.45 bits per heavy atom. The first-order chi connectivity index (χ1) is 9.66. The molecule has 0 saturated carbocycles. The molecule has 3 aromatic rings. The summed E-state index contributed by atoms with van der Waals surface area (Å²) in [6, 6.07) is 15.2. The second-order valence-corrected chi connectivity index (χ2v) is 5.34. The maximum absolute atomic E-state index is 10.1. The lowest BCUT2D eigenvalue weighted by atomic mass is 10.2. The van der Waals surface area contributed by atoms with Crippen LogP contribution in [-0.4, -0.2) is 9.67 Å². The fourth-order valence-corrected chi connectivity index (χ4v) is 2.34. The van der Waals surface area contributed by atoms with Gasteiger partial charge in [-0.2, -0.15) is 5.11 Å². The van der Waals surface area contributed by atoms with Gasteiger partial charge < -0.3 is 9.67 Å². The molecule has 0 atom stereocenters. The van der Waals surface area contributed by atoms with Crippen molar-refractivity contribution >= 4 is 38.2 Å². The number of aromatic hydroxyl groups is 1. The van der Waals surface area contributed by atoms with Gasteiger partial charge in [0.15, 0.2) is 5.69 Å². The zero-order chi connectivity index (χ0) is 14.1. The molecule has 1 N–H and O–H groups in total. The fraction of sp³-hybridized carbons (Fsp3) is 0.0667. The summed E-state index contributed by atoms with van der Waals surface area (Å²) >= 11 is 3.37. The van der Waals surface area contributed by atoms with Gasteiger partial charge in [0.2, 0.25) is 5.88 Å². The van der Waals surface area contributed by atoms with E-state index >= 15 is 0 Å². The standard InChI is InChI=1S/C15H12BrN3O/c1-19-13-5-3-2-4-12(13)14(15(19)20)18-17-11-8-6-10(16)7-9-11/h2-9,20H,1H3. The molecule has 0 aliphatic carbocycles. The largest absolute Gasteiger partial charge is 0.493 e. The molecule has 1 heterocycles. The topological polar surface area (TPSA) is 49.9 Å². The van der Waals surface area contributed by atoms with Crippen LogP contribution in [0.2, 0.25) is 0 Å². The molecule has 100 valence electrons. The third-order valence-electron chi connectivity index (χ3n) is 3.14. The van der Waals surface area contributed by atoms with Gasteiger partial charge in [-0.15, -0.1) is 5.11 Å². The van der Waals surface area contributed by atoms with Gasteiger partial charge in [-0.3, -0.25) is 0 Å². The lowest BCUT2D eigenvalue weighted by molar-refractivity contribution is 0.436. The second-order valence-electron chi connectivity index (χ2n) is 4.42. The maximum atomic E-state index is 10.1. The molecule has 0 fully saturated rings. The van der Waals surface area contributed by atoms with Crippen LogP contribution >= 0.6 is 15.9 Å². The summed E-state index contributed by atoms with van der Waals surface area (Å²) in [7, 11) is 1.80. The van der Waals surface area contributed by atoms with Gasteiger partial charge in [-0.05, 0) is 30.3 Å². The van der Waals surface area contributed by atoms with Crippen molar-refractivity contribution in [2.45, 2.75) is 0 Å². The van der Waals surface area contributed by atoms with E-state index in [0.29, 0.717) is 5.69 Å². The summed E-state index contributed by atoms with van der Waals surface area (Å²) in [5.74, 6) is 0.118. The van der Waals surface area contributed by atoms with Crippen LogP contribution in [0, 0.1) is 0 Å². The normalized spacial score (nSPS) is 11.5. The van der Waals surface area contributed by atoms with Gasteiger partial charge >= 0.3 is 0 Å². The molecular formula is C15H12BrN3O. The lowest BCUT2D eigenvalue weighted by Crippen LogP contribution is -1.84. The molecule has 0 bridgehead atoms. The highest BCUT2D eigenvalue weighted by Crippen LogP contribution is 2.38. The number of hydrogen-bond donors (Lipinski definition) is 1. The molecule has 20 heavy (non-hydrogen) atoms. The Labute approximate surface area is 124 Å². The molecule has 1 aromatic heterocycles. The number of aryl methyl sites for hydroxylation is 1. The zero-order valence-electron chi connectivity index (χ0n) is 10.8. The SMILES string of the molecule is Cn1c(O)c(N=Nc2ccc(Br)cc2)c2ccccc21. The van der Waals surface area contributed by atoms with Gasteiger partial charge in [0.25, 0.3) is 0 Å². The zero-order valence-corrected chi connectivity index (χ0v) is 12.4. The highest BCUT2D eigenvalue weighted by atomic mass is 79.9. The van der Waals surface area contributed by atoms with Crippen molar-refractivity contribution in [2.24, 2.45) is 17.3 Å². The van der Waals surface area contributed by atoms with Crippen molar-refractivity contribution in [2.75, 3.05) is 0 Å². The van der Waals surface area contributed by atoms with E-state index in [9.17, 15) is 5.11 Å². The monoisotopic (exact) mass is 329 g/mol. The number of nitrogens with zero attached hydrogens (tertiary/aromatic N) is 3. The Morgan fingerprint density at radius 2 is 1.70 bits per heavy atom. The molecule has 0 aliphatic rings. The van der Waals surface area contributed by atoms with Gasteiger partial charge in [0, 0.05) is 16.9 Å². The van der Waals surface area contributed by atoms with E-state index in [1.807, 2.05) is 48.5 Å². The Kier molecular flexibility index (Phi) is 3.28. The molecule has 3 rings (SSSR count). The summed E-state index contributed by atoms with van der Waals surface area (Å²) in [5, 5.41) is 19.4. The highest BCUT2D eigenvalue weighted by Gasteiger charge is 2.13. The Balaban J connectivity index is 2.06. The molecule has 0 unspecified atom stereocenters. The number of hydrogen-bond acceptors (Lipinski definition) is 3. The summed E-state index contributed by atoms with van der Waals surface area (Å²) in [4.78, 5) is 0. The van der Waals surface area contributed by atoms with Gasteiger partial charge in [0.05, 0.1) is 11.2 Å². The smallest absolute Gasteiger partial charge is 0.220 e. The molecular weight excluding hydrogens is 318 g/mol. The third kappa shape index (κ3) is 2.20. The van der Waals surface area contributed by atoms with Crippen molar-refractivity contribution in [3.63, 3.8) is 0 Å². The van der Waals surface area contributed by atoms with Crippen molar-refractivity contribution < 1.29 is 5.11 Å². The first kappa shape index (κ1) is 12.9. The Bertz CT molecular complexity index is 791. The third-order valence-corrected chi connectivity index (χ3v) is 3.67. The van der Waals surface area contributed by atoms with E-state index in [0.717, 1.165) is 21.1 Å². The van der Waals surface area contributed by atoms with Crippen molar-refractivity contribution in [3.8, 4) is 5.88 Å². The molecule has 2 aromatic carbocycles. The quantitative estimate of drug-likeness (QED) is 0.656. The summed E-state index contributed by atoms with van der Waals surface area (Å²) in [6.45, 7) is 0. The molecule has 0 amide bonds. The van der Waals surface area contributed by atoms with Crippen LogP contribution in [-0.2, 0) is 7.05 Å². The van der Waals surface area contributed by atoms with E-state index in [2.05, 4.69) is 26.2 Å². The average Bonchev–Trinajstić information content (AvgIpc) is 2.71. The van der Waals surface area contributed by atoms with Crippen LogP contribution in [0.15, 0.2) is 63.2 Å². The number of aromatic nitrogens is 1. The summed E-state index contributed by atoms with van der Waals surface area (Å²) in [5.41, 5.74) is 2.15. The predicted molar refractivity (Wildman–Crippen MR) is 82.9 cm³/mol. The highest BCUT2D eigenvalue weighted by molar-refractivity contribution is 9.10. The summed E-state index contributed by atoms with van der Waals surface area (Å²) < 4.78 is 2.69. The molecule has 5 heteroatoms. The number of halogens is 1. The fourth-order valence-electron chi connectivity index (χ4n) is 2.07. The number of azo groups is 1. The average molecular weight is 330 g/mol. The Hall–Kier alpha value is -2.14. The summed E-state index contributed by atoms with van der Waals surface area (Å²) in [6.07, 6.45) is 0. The number of benzene rings is 2. The molecule has 4 nitrogen and oxygen atoms in total. The second kappa shape index (κ2) is 5.09. The Morgan fingerprint density at radius 1 is 1.00 bits per heavy atom. The van der Waals surface area contributed by atoms with Crippen LogP contribution in [0.5, 0.6) is 5.88 Å². The molecule has 0 saturated heterocycles. The van der Waals surface area contributed by atoms with Crippen molar-refractivity contribution in [3.05, 3.63) is 53.0 Å². The number of para-hydroxylation sites is 1. The first-order valence-electron chi connectivity index (χ1n) is 6.10. The number of rotatable bonds is 2.